The minimum absolute atomic E-state index is 0.149. The summed E-state index contributed by atoms with van der Waals surface area (Å²) in [5.74, 6) is 0. The average Bonchev–Trinajstić information content (AvgIpc) is 2.28. The molecule has 0 saturated heterocycles. The third-order valence-corrected chi connectivity index (χ3v) is 4.93. The Morgan fingerprint density at radius 3 is 2.44 bits per heavy atom. The smallest absolute Gasteiger partial charge is 0.279 e. The number of rotatable bonds is 5. The van der Waals surface area contributed by atoms with Crippen LogP contribution in [-0.4, -0.2) is 38.4 Å². The topological polar surface area (TPSA) is 75.4 Å². The lowest BCUT2D eigenvalue weighted by Crippen LogP contribution is -2.49. The number of nitrogens with zero attached hydrogens (tertiary/aromatic N) is 1. The molecule has 0 heterocycles. The second kappa shape index (κ2) is 5.95. The molecule has 1 aliphatic carbocycles. The third-order valence-electron chi connectivity index (χ3n) is 3.17. The van der Waals surface area contributed by atoms with Crippen LogP contribution in [0.2, 0.25) is 0 Å². The van der Waals surface area contributed by atoms with Crippen LogP contribution in [-0.2, 0) is 10.2 Å². The average molecular weight is 249 g/mol. The van der Waals surface area contributed by atoms with Crippen molar-refractivity contribution in [3.05, 3.63) is 0 Å². The van der Waals surface area contributed by atoms with E-state index in [1.165, 1.54) is 10.7 Å². The van der Waals surface area contributed by atoms with Crippen LogP contribution in [0.5, 0.6) is 0 Å². The van der Waals surface area contributed by atoms with Gasteiger partial charge in [0, 0.05) is 25.7 Å². The maximum absolute atomic E-state index is 12.0. The van der Waals surface area contributed by atoms with Gasteiger partial charge in [-0.1, -0.05) is 19.3 Å². The normalized spacial score (nSPS) is 21.2. The molecule has 16 heavy (non-hydrogen) atoms. The van der Waals surface area contributed by atoms with E-state index >= 15 is 0 Å². The van der Waals surface area contributed by atoms with Gasteiger partial charge >= 0.3 is 0 Å². The Morgan fingerprint density at radius 1 is 1.38 bits per heavy atom. The van der Waals surface area contributed by atoms with Gasteiger partial charge in [0.1, 0.15) is 0 Å². The van der Waals surface area contributed by atoms with Crippen LogP contribution >= 0.6 is 0 Å². The molecule has 1 saturated carbocycles. The zero-order chi connectivity index (χ0) is 12.2. The Hall–Kier alpha value is -0.170. The van der Waals surface area contributed by atoms with Gasteiger partial charge in [0.05, 0.1) is 0 Å². The fourth-order valence-corrected chi connectivity index (χ4v) is 3.40. The Balaban J connectivity index is 2.59. The molecule has 0 aromatic carbocycles. The SMILES string of the molecule is CC(CN)NS(=O)(=O)N(C)C1CCCCC1. The lowest BCUT2D eigenvalue weighted by atomic mass is 9.96. The van der Waals surface area contributed by atoms with Crippen molar-refractivity contribution in [2.24, 2.45) is 5.73 Å². The first-order chi connectivity index (χ1) is 7.47. The van der Waals surface area contributed by atoms with Crippen molar-refractivity contribution in [3.63, 3.8) is 0 Å². The molecule has 1 aliphatic rings. The van der Waals surface area contributed by atoms with E-state index in [-0.39, 0.29) is 12.1 Å². The van der Waals surface area contributed by atoms with Crippen molar-refractivity contribution in [1.82, 2.24) is 9.03 Å². The first kappa shape index (κ1) is 13.9. The van der Waals surface area contributed by atoms with Crippen LogP contribution < -0.4 is 10.5 Å². The van der Waals surface area contributed by atoms with E-state index < -0.39 is 10.2 Å². The van der Waals surface area contributed by atoms with E-state index in [0.29, 0.717) is 6.54 Å². The van der Waals surface area contributed by atoms with Crippen molar-refractivity contribution in [1.29, 1.82) is 0 Å². The van der Waals surface area contributed by atoms with Crippen molar-refractivity contribution >= 4 is 10.2 Å². The largest absolute Gasteiger partial charge is 0.329 e. The van der Waals surface area contributed by atoms with E-state index in [2.05, 4.69) is 4.72 Å². The molecule has 0 aromatic heterocycles. The lowest BCUT2D eigenvalue weighted by Gasteiger charge is -2.31. The number of hydrogen-bond donors (Lipinski definition) is 2. The van der Waals surface area contributed by atoms with Gasteiger partial charge in [0.25, 0.3) is 10.2 Å². The Labute approximate surface area is 98.6 Å². The molecule has 0 amide bonds. The standard InChI is InChI=1S/C10H23N3O2S/c1-9(8-11)12-16(14,15)13(2)10-6-4-3-5-7-10/h9-10,12H,3-8,11H2,1-2H3. The predicted molar refractivity (Wildman–Crippen MR) is 65.2 cm³/mol. The predicted octanol–water partition coefficient (Wildman–Crippen LogP) is 0.433. The molecule has 3 N–H and O–H groups in total. The molecule has 1 fully saturated rings. The zero-order valence-electron chi connectivity index (χ0n) is 10.1. The highest BCUT2D eigenvalue weighted by molar-refractivity contribution is 7.87. The Bertz CT molecular complexity index is 299. The number of hydrogen-bond acceptors (Lipinski definition) is 3. The fraction of sp³-hybridized carbons (Fsp3) is 1.00. The zero-order valence-corrected chi connectivity index (χ0v) is 11.0. The van der Waals surface area contributed by atoms with Crippen molar-refractivity contribution in [2.45, 2.75) is 51.1 Å². The van der Waals surface area contributed by atoms with Crippen molar-refractivity contribution in [3.8, 4) is 0 Å². The molecule has 0 bridgehead atoms. The second-order valence-corrected chi connectivity index (χ2v) is 6.33. The molecule has 0 spiro atoms. The van der Waals surface area contributed by atoms with E-state index in [4.69, 9.17) is 5.73 Å². The van der Waals surface area contributed by atoms with E-state index in [1.807, 2.05) is 0 Å². The molecule has 1 atom stereocenters. The van der Waals surface area contributed by atoms with Gasteiger partial charge in [-0.15, -0.1) is 0 Å². The molecule has 96 valence electrons. The molecule has 5 nitrogen and oxygen atoms in total. The summed E-state index contributed by atoms with van der Waals surface area (Å²) < 4.78 is 28.0. The molecule has 0 radical (unpaired) electrons. The molecule has 1 unspecified atom stereocenters. The molecular weight excluding hydrogens is 226 g/mol. The van der Waals surface area contributed by atoms with Crippen LogP contribution in [0.25, 0.3) is 0 Å². The summed E-state index contributed by atoms with van der Waals surface area (Å²) in [5, 5.41) is 0. The van der Waals surface area contributed by atoms with Gasteiger partial charge in [0.15, 0.2) is 0 Å². The van der Waals surface area contributed by atoms with Crippen LogP contribution in [0.1, 0.15) is 39.0 Å². The van der Waals surface area contributed by atoms with Gasteiger partial charge in [0.2, 0.25) is 0 Å². The summed E-state index contributed by atoms with van der Waals surface area (Å²) in [5.41, 5.74) is 5.41. The van der Waals surface area contributed by atoms with Gasteiger partial charge in [-0.2, -0.15) is 17.4 Å². The molecular formula is C10H23N3O2S. The second-order valence-electron chi connectivity index (χ2n) is 4.57. The summed E-state index contributed by atoms with van der Waals surface area (Å²) in [6, 6.07) is -0.0627. The third kappa shape index (κ3) is 3.69. The van der Waals surface area contributed by atoms with Gasteiger partial charge in [-0.25, -0.2) is 0 Å². The van der Waals surface area contributed by atoms with Crippen LogP contribution in [0.15, 0.2) is 0 Å². The quantitative estimate of drug-likeness (QED) is 0.742. The summed E-state index contributed by atoms with van der Waals surface area (Å²) in [6.07, 6.45) is 5.40. The van der Waals surface area contributed by atoms with E-state index in [0.717, 1.165) is 25.7 Å². The molecule has 6 heteroatoms. The fourth-order valence-electron chi connectivity index (χ4n) is 2.03. The van der Waals surface area contributed by atoms with E-state index in [1.54, 1.807) is 14.0 Å². The van der Waals surface area contributed by atoms with Crippen LogP contribution in [0.4, 0.5) is 0 Å². The van der Waals surface area contributed by atoms with Crippen LogP contribution in [0, 0.1) is 0 Å². The highest BCUT2D eigenvalue weighted by atomic mass is 32.2. The highest BCUT2D eigenvalue weighted by Gasteiger charge is 2.28. The number of nitrogens with one attached hydrogen (secondary N) is 1. The minimum atomic E-state index is -3.37. The Kier molecular flexibility index (Phi) is 5.17. The monoisotopic (exact) mass is 249 g/mol. The van der Waals surface area contributed by atoms with Crippen molar-refractivity contribution < 1.29 is 8.42 Å². The minimum Gasteiger partial charge on any atom is -0.329 e. The lowest BCUT2D eigenvalue weighted by molar-refractivity contribution is 0.282. The summed E-state index contributed by atoms with van der Waals surface area (Å²) in [7, 11) is -1.71. The first-order valence-electron chi connectivity index (χ1n) is 5.92. The van der Waals surface area contributed by atoms with Gasteiger partial charge in [-0.05, 0) is 19.8 Å². The first-order valence-corrected chi connectivity index (χ1v) is 7.36. The van der Waals surface area contributed by atoms with Gasteiger partial charge in [-0.3, -0.25) is 0 Å². The summed E-state index contributed by atoms with van der Waals surface area (Å²) in [4.78, 5) is 0. The van der Waals surface area contributed by atoms with Gasteiger partial charge < -0.3 is 5.73 Å². The van der Waals surface area contributed by atoms with E-state index in [9.17, 15) is 8.42 Å². The maximum atomic E-state index is 12.0. The Morgan fingerprint density at radius 2 is 1.94 bits per heavy atom. The number of nitrogens with two attached hydrogens (primary N) is 1. The molecule has 1 rings (SSSR count). The van der Waals surface area contributed by atoms with Crippen LogP contribution in [0.3, 0.4) is 0 Å². The molecule has 0 aromatic rings. The summed E-state index contributed by atoms with van der Waals surface area (Å²) in [6.45, 7) is 2.09. The molecule has 0 aliphatic heterocycles. The van der Waals surface area contributed by atoms with Crippen molar-refractivity contribution in [2.75, 3.05) is 13.6 Å². The summed E-state index contributed by atoms with van der Waals surface area (Å²) >= 11 is 0. The highest BCUT2D eigenvalue weighted by Crippen LogP contribution is 2.22. The maximum Gasteiger partial charge on any atom is 0.279 e.